The molecule has 0 heterocycles. The van der Waals surface area contributed by atoms with Gasteiger partial charge in [-0.1, -0.05) is 6.07 Å². The Bertz CT molecular complexity index is 452. The first-order valence-electron chi connectivity index (χ1n) is 7.07. The molecule has 0 aliphatic rings. The maximum Gasteiger partial charge on any atom is 0.340 e. The van der Waals surface area contributed by atoms with Crippen molar-refractivity contribution in [1.82, 2.24) is 4.90 Å². The molecule has 0 radical (unpaired) electrons. The normalized spacial score (nSPS) is 10.7. The summed E-state index contributed by atoms with van der Waals surface area (Å²) in [7, 11) is 3.72. The third kappa shape index (κ3) is 5.61. The molecule has 0 aliphatic heterocycles. The maximum atomic E-state index is 11.8. The predicted octanol–water partition coefficient (Wildman–Crippen LogP) is 1.44. The van der Waals surface area contributed by atoms with E-state index < -0.39 is 5.97 Å². The van der Waals surface area contributed by atoms with Gasteiger partial charge in [0.2, 0.25) is 0 Å². The summed E-state index contributed by atoms with van der Waals surface area (Å²) in [6.07, 6.45) is 0. The Kier molecular flexibility index (Phi) is 7.56. The van der Waals surface area contributed by atoms with Crippen molar-refractivity contribution in [3.8, 4) is 0 Å². The van der Waals surface area contributed by atoms with E-state index in [0.717, 1.165) is 25.3 Å². The molecule has 3 N–H and O–H groups in total. The standard InChI is InChI=1S/C15H25N3O3/c1-4-21-15(19)12-6-5-7-13(14(12)16)17-8-9-18(2)10-11-20-3/h5-7,17H,4,8-11,16H2,1-3H3. The minimum Gasteiger partial charge on any atom is -0.462 e. The summed E-state index contributed by atoms with van der Waals surface area (Å²) in [5.74, 6) is -0.393. The lowest BCUT2D eigenvalue weighted by atomic mass is 10.1. The summed E-state index contributed by atoms with van der Waals surface area (Å²) in [5, 5.41) is 3.24. The van der Waals surface area contributed by atoms with E-state index in [0.29, 0.717) is 24.5 Å². The summed E-state index contributed by atoms with van der Waals surface area (Å²) < 4.78 is 10.0. The quantitative estimate of drug-likeness (QED) is 0.530. The number of nitrogens with one attached hydrogen (secondary N) is 1. The second-order valence-electron chi connectivity index (χ2n) is 4.71. The highest BCUT2D eigenvalue weighted by molar-refractivity contribution is 5.98. The van der Waals surface area contributed by atoms with Crippen molar-refractivity contribution in [1.29, 1.82) is 0 Å². The van der Waals surface area contributed by atoms with Gasteiger partial charge < -0.3 is 25.4 Å². The summed E-state index contributed by atoms with van der Waals surface area (Å²) in [6.45, 7) is 5.27. The third-order valence-electron chi connectivity index (χ3n) is 3.09. The zero-order chi connectivity index (χ0) is 15.7. The number of methoxy groups -OCH3 is 1. The topological polar surface area (TPSA) is 76.8 Å². The first-order chi connectivity index (χ1) is 10.1. The van der Waals surface area contributed by atoms with Gasteiger partial charge in [-0.3, -0.25) is 0 Å². The second kappa shape index (κ2) is 9.20. The first kappa shape index (κ1) is 17.3. The van der Waals surface area contributed by atoms with Crippen LogP contribution in [0.25, 0.3) is 0 Å². The minimum absolute atomic E-state index is 0.334. The van der Waals surface area contributed by atoms with Gasteiger partial charge in [0.25, 0.3) is 0 Å². The zero-order valence-electron chi connectivity index (χ0n) is 13.0. The molecule has 0 bridgehead atoms. The molecule has 0 fully saturated rings. The van der Waals surface area contributed by atoms with Gasteiger partial charge >= 0.3 is 5.97 Å². The summed E-state index contributed by atoms with van der Waals surface area (Å²) in [6, 6.07) is 5.32. The van der Waals surface area contributed by atoms with E-state index in [1.54, 1.807) is 26.2 Å². The van der Waals surface area contributed by atoms with Crippen LogP contribution in [0.1, 0.15) is 17.3 Å². The van der Waals surface area contributed by atoms with Gasteiger partial charge in [-0.05, 0) is 26.1 Å². The van der Waals surface area contributed by atoms with Crippen molar-refractivity contribution < 1.29 is 14.3 Å². The number of anilines is 2. The van der Waals surface area contributed by atoms with Crippen molar-refractivity contribution >= 4 is 17.3 Å². The number of nitrogens with two attached hydrogens (primary N) is 1. The number of esters is 1. The van der Waals surface area contributed by atoms with Crippen molar-refractivity contribution in [2.75, 3.05) is 58.1 Å². The highest BCUT2D eigenvalue weighted by Crippen LogP contribution is 2.23. The molecule has 0 saturated heterocycles. The van der Waals surface area contributed by atoms with Gasteiger partial charge in [0, 0.05) is 26.7 Å². The number of benzene rings is 1. The van der Waals surface area contributed by atoms with Crippen LogP contribution in [0.15, 0.2) is 18.2 Å². The van der Waals surface area contributed by atoms with E-state index in [2.05, 4.69) is 10.2 Å². The van der Waals surface area contributed by atoms with Crippen molar-refractivity contribution in [2.45, 2.75) is 6.92 Å². The van der Waals surface area contributed by atoms with Crippen LogP contribution in [0, 0.1) is 0 Å². The predicted molar refractivity (Wildman–Crippen MR) is 84.7 cm³/mol. The van der Waals surface area contributed by atoms with Gasteiger partial charge in [0.15, 0.2) is 0 Å². The van der Waals surface area contributed by atoms with Crippen LogP contribution in [0.2, 0.25) is 0 Å². The van der Waals surface area contributed by atoms with E-state index in [1.165, 1.54) is 0 Å². The lowest BCUT2D eigenvalue weighted by Gasteiger charge is -2.17. The zero-order valence-corrected chi connectivity index (χ0v) is 13.0. The van der Waals surface area contributed by atoms with Gasteiger partial charge in [-0.2, -0.15) is 0 Å². The maximum absolute atomic E-state index is 11.8. The van der Waals surface area contributed by atoms with Crippen LogP contribution in [-0.4, -0.2) is 57.9 Å². The molecule has 1 aromatic rings. The fourth-order valence-corrected chi connectivity index (χ4v) is 1.85. The van der Waals surface area contributed by atoms with E-state index in [9.17, 15) is 4.79 Å². The molecule has 0 aromatic heterocycles. The lowest BCUT2D eigenvalue weighted by molar-refractivity contribution is 0.0527. The monoisotopic (exact) mass is 295 g/mol. The van der Waals surface area contributed by atoms with Gasteiger partial charge in [0.05, 0.1) is 30.2 Å². The van der Waals surface area contributed by atoms with Gasteiger partial charge in [-0.25, -0.2) is 4.79 Å². The molecule has 0 unspecified atom stereocenters. The summed E-state index contributed by atoms with van der Waals surface area (Å²) in [4.78, 5) is 13.9. The molecule has 21 heavy (non-hydrogen) atoms. The van der Waals surface area contributed by atoms with E-state index in [4.69, 9.17) is 15.2 Å². The molecule has 118 valence electrons. The van der Waals surface area contributed by atoms with Gasteiger partial charge in [-0.15, -0.1) is 0 Å². The average Bonchev–Trinajstić information content (AvgIpc) is 2.47. The number of carbonyl (C=O) groups excluding carboxylic acids is 1. The largest absolute Gasteiger partial charge is 0.462 e. The fourth-order valence-electron chi connectivity index (χ4n) is 1.85. The molecule has 0 saturated carbocycles. The van der Waals surface area contributed by atoms with E-state index in [-0.39, 0.29) is 0 Å². The van der Waals surface area contributed by atoms with E-state index >= 15 is 0 Å². The molecule has 0 aliphatic carbocycles. The Hall–Kier alpha value is -1.79. The Labute approximate surface area is 126 Å². The van der Waals surface area contributed by atoms with Gasteiger partial charge in [0.1, 0.15) is 0 Å². The van der Waals surface area contributed by atoms with Crippen LogP contribution in [0.5, 0.6) is 0 Å². The Morgan fingerprint density at radius 3 is 2.81 bits per heavy atom. The summed E-state index contributed by atoms with van der Waals surface area (Å²) >= 11 is 0. The molecule has 0 amide bonds. The number of hydrogen-bond acceptors (Lipinski definition) is 6. The van der Waals surface area contributed by atoms with Crippen LogP contribution in [0.4, 0.5) is 11.4 Å². The molecule has 6 heteroatoms. The number of ether oxygens (including phenoxy) is 2. The lowest BCUT2D eigenvalue weighted by Crippen LogP contribution is -2.28. The van der Waals surface area contributed by atoms with Crippen LogP contribution in [-0.2, 0) is 9.47 Å². The van der Waals surface area contributed by atoms with Crippen molar-refractivity contribution in [3.63, 3.8) is 0 Å². The molecule has 0 atom stereocenters. The Morgan fingerprint density at radius 1 is 1.38 bits per heavy atom. The van der Waals surface area contributed by atoms with Crippen LogP contribution in [0.3, 0.4) is 0 Å². The molecular formula is C15H25N3O3. The Balaban J connectivity index is 2.56. The smallest absolute Gasteiger partial charge is 0.340 e. The number of carbonyl (C=O) groups is 1. The molecule has 1 aromatic carbocycles. The fraction of sp³-hybridized carbons (Fsp3) is 0.533. The average molecular weight is 295 g/mol. The summed E-state index contributed by atoms with van der Waals surface area (Å²) in [5.41, 5.74) is 7.59. The highest BCUT2D eigenvalue weighted by Gasteiger charge is 2.13. The van der Waals surface area contributed by atoms with Crippen molar-refractivity contribution in [2.24, 2.45) is 0 Å². The molecule has 0 spiro atoms. The van der Waals surface area contributed by atoms with Crippen LogP contribution >= 0.6 is 0 Å². The SMILES string of the molecule is CCOC(=O)c1cccc(NCCN(C)CCOC)c1N. The molecule has 1 rings (SSSR count). The highest BCUT2D eigenvalue weighted by atomic mass is 16.5. The molecule has 6 nitrogen and oxygen atoms in total. The van der Waals surface area contributed by atoms with Crippen LogP contribution < -0.4 is 11.1 Å². The van der Waals surface area contributed by atoms with Crippen molar-refractivity contribution in [3.05, 3.63) is 23.8 Å². The minimum atomic E-state index is -0.393. The number of hydrogen-bond donors (Lipinski definition) is 2. The Morgan fingerprint density at radius 2 is 2.14 bits per heavy atom. The number of nitrogens with zero attached hydrogens (tertiary/aromatic N) is 1. The first-order valence-corrected chi connectivity index (χ1v) is 7.07. The molecular weight excluding hydrogens is 270 g/mol. The number of likely N-dealkylation sites (N-methyl/N-ethyl adjacent to an activating group) is 1. The number of nitrogen functional groups attached to an aromatic ring is 1. The van der Waals surface area contributed by atoms with E-state index in [1.807, 2.05) is 13.1 Å². The number of para-hydroxylation sites is 1. The number of rotatable bonds is 9. The second-order valence-corrected chi connectivity index (χ2v) is 4.71. The third-order valence-corrected chi connectivity index (χ3v) is 3.09.